The third-order valence-electron chi connectivity index (χ3n) is 6.34. The van der Waals surface area contributed by atoms with E-state index in [4.69, 9.17) is 0 Å². The number of hydrogen-bond donors (Lipinski definition) is 1. The van der Waals surface area contributed by atoms with Crippen molar-refractivity contribution in [3.63, 3.8) is 0 Å². The summed E-state index contributed by atoms with van der Waals surface area (Å²) in [6, 6.07) is 9.10. The maximum atomic E-state index is 12.8. The first-order valence-corrected chi connectivity index (χ1v) is 13.1. The lowest BCUT2D eigenvalue weighted by molar-refractivity contribution is -0.138. The fraction of sp³-hybridized carbons (Fsp3) is 0.552. The van der Waals surface area contributed by atoms with Crippen LogP contribution in [0.25, 0.3) is 6.08 Å². The van der Waals surface area contributed by atoms with Crippen molar-refractivity contribution in [2.24, 2.45) is 0 Å². The molecule has 0 bridgehead atoms. The number of Topliss-reactive ketones (excluding diaryl/α,β-unsaturated/α-hetero) is 1. The Morgan fingerprint density at radius 1 is 0.824 bits per heavy atom. The SMILES string of the molecule is CCCCCCCCCCCCCCCC(=O)C1=C(O)/C(=C/c2ccccc2)N(C(C)=O)C1=O. The Kier molecular flexibility index (Phi) is 12.4. The van der Waals surface area contributed by atoms with Crippen LogP contribution in [-0.4, -0.2) is 27.6 Å². The van der Waals surface area contributed by atoms with Gasteiger partial charge >= 0.3 is 0 Å². The minimum absolute atomic E-state index is 0.0670. The largest absolute Gasteiger partial charge is 0.505 e. The summed E-state index contributed by atoms with van der Waals surface area (Å²) in [6.45, 7) is 3.50. The van der Waals surface area contributed by atoms with Gasteiger partial charge in [0, 0.05) is 13.3 Å². The highest BCUT2D eigenvalue weighted by molar-refractivity contribution is 6.26. The van der Waals surface area contributed by atoms with E-state index in [1.807, 2.05) is 18.2 Å². The number of rotatable bonds is 16. The summed E-state index contributed by atoms with van der Waals surface area (Å²) in [7, 11) is 0. The van der Waals surface area contributed by atoms with Gasteiger partial charge in [-0.3, -0.25) is 14.4 Å². The molecule has 0 saturated heterocycles. The normalized spacial score (nSPS) is 14.9. The summed E-state index contributed by atoms with van der Waals surface area (Å²) >= 11 is 0. The van der Waals surface area contributed by atoms with Crippen LogP contribution in [0.4, 0.5) is 0 Å². The zero-order valence-corrected chi connectivity index (χ0v) is 21.0. The number of hydrogen-bond acceptors (Lipinski definition) is 4. The van der Waals surface area contributed by atoms with Crippen molar-refractivity contribution in [1.29, 1.82) is 0 Å². The van der Waals surface area contributed by atoms with Crippen LogP contribution < -0.4 is 0 Å². The molecule has 0 saturated carbocycles. The van der Waals surface area contributed by atoms with Crippen molar-refractivity contribution in [3.8, 4) is 0 Å². The molecule has 2 rings (SSSR count). The summed E-state index contributed by atoms with van der Waals surface area (Å²) in [5, 5.41) is 10.6. The fourth-order valence-electron chi connectivity index (χ4n) is 4.39. The van der Waals surface area contributed by atoms with E-state index in [1.165, 1.54) is 71.1 Å². The number of aliphatic hydroxyl groups excluding tert-OH is 1. The lowest BCUT2D eigenvalue weighted by atomic mass is 10.0. The van der Waals surface area contributed by atoms with Crippen LogP contribution in [0, 0.1) is 0 Å². The van der Waals surface area contributed by atoms with Crippen LogP contribution in [0.2, 0.25) is 0 Å². The van der Waals surface area contributed by atoms with Gasteiger partial charge in [-0.05, 0) is 18.1 Å². The maximum Gasteiger partial charge on any atom is 0.272 e. The molecule has 34 heavy (non-hydrogen) atoms. The second-order valence-corrected chi connectivity index (χ2v) is 9.24. The van der Waals surface area contributed by atoms with Crippen LogP contribution in [0.15, 0.2) is 47.4 Å². The number of nitrogens with zero attached hydrogens (tertiary/aromatic N) is 1. The molecule has 1 heterocycles. The second kappa shape index (κ2) is 15.3. The van der Waals surface area contributed by atoms with E-state index >= 15 is 0 Å². The average molecular weight is 468 g/mol. The van der Waals surface area contributed by atoms with Crippen molar-refractivity contribution in [3.05, 3.63) is 52.9 Å². The molecule has 186 valence electrons. The Labute approximate surface area is 204 Å². The Hall–Kier alpha value is -2.69. The standard InChI is InChI=1S/C29H41NO4/c1-3-4-5-6-7-8-9-10-11-12-13-14-18-21-26(32)27-28(33)25(30(23(2)31)29(27)34)22-24-19-16-15-17-20-24/h15-17,19-20,22,33H,3-14,18,21H2,1-2H3/b25-22-. The lowest BCUT2D eigenvalue weighted by Crippen LogP contribution is -2.31. The molecule has 2 amide bonds. The van der Waals surface area contributed by atoms with E-state index in [-0.39, 0.29) is 17.7 Å². The first-order valence-electron chi connectivity index (χ1n) is 13.1. The van der Waals surface area contributed by atoms with Gasteiger partial charge in [-0.2, -0.15) is 0 Å². The lowest BCUT2D eigenvalue weighted by Gasteiger charge is -2.14. The summed E-state index contributed by atoms with van der Waals surface area (Å²) in [4.78, 5) is 38.4. The molecular formula is C29H41NO4. The molecule has 0 aliphatic carbocycles. The molecule has 0 unspecified atom stereocenters. The number of unbranched alkanes of at least 4 members (excludes halogenated alkanes) is 12. The molecule has 5 heteroatoms. The van der Waals surface area contributed by atoms with Gasteiger partial charge in [0.05, 0.1) is 5.70 Å². The number of carbonyl (C=O) groups excluding carboxylic acids is 3. The van der Waals surface area contributed by atoms with Crippen molar-refractivity contribution in [2.75, 3.05) is 0 Å². The molecule has 0 spiro atoms. The molecule has 1 aliphatic rings. The molecule has 1 aliphatic heterocycles. The average Bonchev–Trinajstić information content (AvgIpc) is 3.06. The monoisotopic (exact) mass is 467 g/mol. The molecule has 0 aromatic heterocycles. The number of aliphatic hydroxyl groups is 1. The van der Waals surface area contributed by atoms with Crippen LogP contribution in [0.3, 0.4) is 0 Å². The molecular weight excluding hydrogens is 426 g/mol. The second-order valence-electron chi connectivity index (χ2n) is 9.24. The Morgan fingerprint density at radius 3 is 1.82 bits per heavy atom. The minimum atomic E-state index is -0.730. The Bertz CT molecular complexity index is 869. The van der Waals surface area contributed by atoms with Gasteiger partial charge in [0.25, 0.3) is 5.91 Å². The van der Waals surface area contributed by atoms with E-state index in [0.717, 1.165) is 23.3 Å². The summed E-state index contributed by atoms with van der Waals surface area (Å²) in [5.74, 6) is -2.05. The molecule has 0 atom stereocenters. The highest BCUT2D eigenvalue weighted by Crippen LogP contribution is 2.31. The maximum absolute atomic E-state index is 12.8. The third kappa shape index (κ3) is 8.58. The number of imide groups is 1. The van der Waals surface area contributed by atoms with E-state index in [0.29, 0.717) is 6.42 Å². The first kappa shape index (κ1) is 27.6. The van der Waals surface area contributed by atoms with E-state index in [9.17, 15) is 19.5 Å². The third-order valence-corrected chi connectivity index (χ3v) is 6.34. The van der Waals surface area contributed by atoms with Gasteiger partial charge in [-0.1, -0.05) is 114 Å². The highest BCUT2D eigenvalue weighted by atomic mass is 16.3. The highest BCUT2D eigenvalue weighted by Gasteiger charge is 2.40. The number of ketones is 1. The van der Waals surface area contributed by atoms with Gasteiger partial charge < -0.3 is 5.11 Å². The topological polar surface area (TPSA) is 74.7 Å². The minimum Gasteiger partial charge on any atom is -0.505 e. The number of amides is 2. The number of benzene rings is 1. The summed E-state index contributed by atoms with van der Waals surface area (Å²) in [6.07, 6.45) is 17.5. The fourth-order valence-corrected chi connectivity index (χ4v) is 4.39. The van der Waals surface area contributed by atoms with Crippen molar-refractivity contribution >= 4 is 23.7 Å². The molecule has 1 aromatic rings. The predicted octanol–water partition coefficient (Wildman–Crippen LogP) is 7.28. The first-order chi connectivity index (χ1) is 16.5. The van der Waals surface area contributed by atoms with Crippen LogP contribution in [0.5, 0.6) is 0 Å². The van der Waals surface area contributed by atoms with E-state index in [1.54, 1.807) is 18.2 Å². The van der Waals surface area contributed by atoms with Gasteiger partial charge in [-0.15, -0.1) is 0 Å². The van der Waals surface area contributed by atoms with Gasteiger partial charge in [0.15, 0.2) is 11.5 Å². The quantitative estimate of drug-likeness (QED) is 0.205. The zero-order valence-electron chi connectivity index (χ0n) is 21.0. The smallest absolute Gasteiger partial charge is 0.272 e. The van der Waals surface area contributed by atoms with Crippen LogP contribution >= 0.6 is 0 Å². The molecule has 0 radical (unpaired) electrons. The van der Waals surface area contributed by atoms with Gasteiger partial charge in [-0.25, -0.2) is 4.90 Å². The van der Waals surface area contributed by atoms with Crippen molar-refractivity contribution in [2.45, 2.75) is 104 Å². The van der Waals surface area contributed by atoms with E-state index < -0.39 is 23.4 Å². The van der Waals surface area contributed by atoms with Crippen LogP contribution in [-0.2, 0) is 14.4 Å². The van der Waals surface area contributed by atoms with Crippen LogP contribution in [0.1, 0.15) is 109 Å². The predicted molar refractivity (Wildman–Crippen MR) is 137 cm³/mol. The number of carbonyl (C=O) groups is 3. The van der Waals surface area contributed by atoms with Gasteiger partial charge in [0.2, 0.25) is 5.91 Å². The Balaban J connectivity index is 1.75. The van der Waals surface area contributed by atoms with Crippen molar-refractivity contribution < 1.29 is 19.5 Å². The zero-order chi connectivity index (χ0) is 24.8. The van der Waals surface area contributed by atoms with E-state index in [2.05, 4.69) is 6.92 Å². The van der Waals surface area contributed by atoms with Crippen molar-refractivity contribution in [1.82, 2.24) is 4.90 Å². The molecule has 1 N–H and O–H groups in total. The molecule has 5 nitrogen and oxygen atoms in total. The molecule has 0 fully saturated rings. The van der Waals surface area contributed by atoms with Gasteiger partial charge in [0.1, 0.15) is 5.57 Å². The summed E-state index contributed by atoms with van der Waals surface area (Å²) in [5.41, 5.74) is 0.530. The summed E-state index contributed by atoms with van der Waals surface area (Å²) < 4.78 is 0. The molecule has 1 aromatic carbocycles. The Morgan fingerprint density at radius 2 is 1.32 bits per heavy atom.